The molecule has 332 valence electrons. The first-order chi connectivity index (χ1) is 28.5. The third-order valence-electron chi connectivity index (χ3n) is 9.90. The van der Waals surface area contributed by atoms with Crippen molar-refractivity contribution in [2.75, 3.05) is 13.2 Å². The quantitative estimate of drug-likeness (QED) is 0.0264. The van der Waals surface area contributed by atoms with Gasteiger partial charge in [0.25, 0.3) is 0 Å². The minimum absolute atomic E-state index is 0.0971. The predicted molar refractivity (Wildman–Crippen MR) is 247 cm³/mol. The summed E-state index contributed by atoms with van der Waals surface area (Å²) in [5.41, 5.74) is 0. The Morgan fingerprint density at radius 2 is 0.707 bits per heavy atom. The van der Waals surface area contributed by atoms with Crippen molar-refractivity contribution in [1.29, 1.82) is 0 Å². The van der Waals surface area contributed by atoms with Crippen LogP contribution < -0.4 is 0 Å². The van der Waals surface area contributed by atoms with Crippen LogP contribution in [0.5, 0.6) is 0 Å². The lowest BCUT2D eigenvalue weighted by Crippen LogP contribution is -2.30. The molecule has 0 bridgehead atoms. The Balaban J connectivity index is 4.46. The average Bonchev–Trinajstić information content (AvgIpc) is 3.22. The maximum Gasteiger partial charge on any atom is 0.306 e. The molecule has 6 nitrogen and oxygen atoms in total. The van der Waals surface area contributed by atoms with Crippen LogP contribution in [0, 0.1) is 0 Å². The Morgan fingerprint density at radius 3 is 1.17 bits per heavy atom. The third-order valence-corrected chi connectivity index (χ3v) is 9.90. The molecule has 0 radical (unpaired) electrons. The second kappa shape index (κ2) is 46.5. The van der Waals surface area contributed by atoms with E-state index in [0.717, 1.165) is 116 Å². The number of ether oxygens (including phenoxy) is 3. The van der Waals surface area contributed by atoms with Crippen LogP contribution in [0.25, 0.3) is 0 Å². The highest BCUT2D eigenvalue weighted by Gasteiger charge is 2.19. The first-order valence-corrected chi connectivity index (χ1v) is 23.9. The van der Waals surface area contributed by atoms with Gasteiger partial charge < -0.3 is 14.2 Å². The molecule has 0 spiro atoms. The van der Waals surface area contributed by atoms with Crippen molar-refractivity contribution in [3.63, 3.8) is 0 Å². The summed E-state index contributed by atoms with van der Waals surface area (Å²) in [7, 11) is 0. The molecule has 0 aromatic heterocycles. The van der Waals surface area contributed by atoms with Gasteiger partial charge >= 0.3 is 17.9 Å². The molecule has 0 fully saturated rings. The van der Waals surface area contributed by atoms with E-state index in [2.05, 4.69) is 93.7 Å². The number of unbranched alkanes of at least 4 members (excludes halogenated alkanes) is 19. The fourth-order valence-corrected chi connectivity index (χ4v) is 6.31. The van der Waals surface area contributed by atoms with Crippen LogP contribution in [0.1, 0.15) is 220 Å². The summed E-state index contributed by atoms with van der Waals surface area (Å²) < 4.78 is 16.7. The van der Waals surface area contributed by atoms with Crippen molar-refractivity contribution in [2.45, 2.75) is 226 Å². The van der Waals surface area contributed by atoms with Gasteiger partial charge in [-0.3, -0.25) is 14.4 Å². The van der Waals surface area contributed by atoms with Gasteiger partial charge in [0.05, 0.1) is 0 Å². The van der Waals surface area contributed by atoms with Gasteiger partial charge in [-0.25, -0.2) is 0 Å². The second-order valence-electron chi connectivity index (χ2n) is 15.6. The first kappa shape index (κ1) is 54.9. The highest BCUT2D eigenvalue weighted by Crippen LogP contribution is 2.13. The summed E-state index contributed by atoms with van der Waals surface area (Å²) in [6, 6.07) is 0. The summed E-state index contributed by atoms with van der Waals surface area (Å²) >= 11 is 0. The third kappa shape index (κ3) is 44.0. The topological polar surface area (TPSA) is 78.9 Å². The number of rotatable bonds is 42. The lowest BCUT2D eigenvalue weighted by atomic mass is 10.1. The van der Waals surface area contributed by atoms with Crippen LogP contribution in [-0.4, -0.2) is 37.2 Å². The summed E-state index contributed by atoms with van der Waals surface area (Å²) in [6.45, 7) is 6.39. The number of hydrogen-bond donors (Lipinski definition) is 0. The molecular formula is C52H88O6. The largest absolute Gasteiger partial charge is 0.462 e. The number of hydrogen-bond acceptors (Lipinski definition) is 6. The molecule has 0 N–H and O–H groups in total. The van der Waals surface area contributed by atoms with Gasteiger partial charge in [-0.2, -0.15) is 0 Å². The molecule has 0 aliphatic carbocycles. The molecule has 0 aromatic rings. The number of carbonyl (C=O) groups excluding carboxylic acids is 3. The van der Waals surface area contributed by atoms with E-state index < -0.39 is 6.10 Å². The number of allylic oxidation sites excluding steroid dienone is 12. The van der Waals surface area contributed by atoms with E-state index in [0.29, 0.717) is 19.3 Å². The molecular weight excluding hydrogens is 721 g/mol. The van der Waals surface area contributed by atoms with Gasteiger partial charge in [-0.1, -0.05) is 171 Å². The van der Waals surface area contributed by atoms with Crippen LogP contribution in [0.4, 0.5) is 0 Å². The molecule has 0 aliphatic heterocycles. The van der Waals surface area contributed by atoms with Crippen molar-refractivity contribution in [3.05, 3.63) is 72.9 Å². The number of carbonyl (C=O) groups is 3. The first-order valence-electron chi connectivity index (χ1n) is 23.9. The zero-order valence-electron chi connectivity index (χ0n) is 37.8. The van der Waals surface area contributed by atoms with E-state index in [9.17, 15) is 14.4 Å². The van der Waals surface area contributed by atoms with E-state index in [-0.39, 0.29) is 31.1 Å². The van der Waals surface area contributed by atoms with E-state index >= 15 is 0 Å². The average molecular weight is 809 g/mol. The maximum atomic E-state index is 12.7. The highest BCUT2D eigenvalue weighted by atomic mass is 16.6. The van der Waals surface area contributed by atoms with E-state index in [4.69, 9.17) is 14.2 Å². The Kier molecular flexibility index (Phi) is 44.0. The van der Waals surface area contributed by atoms with Gasteiger partial charge in [0.1, 0.15) is 13.2 Å². The van der Waals surface area contributed by atoms with E-state index in [1.165, 1.54) is 64.2 Å². The van der Waals surface area contributed by atoms with Crippen molar-refractivity contribution in [2.24, 2.45) is 0 Å². The molecule has 0 heterocycles. The minimum atomic E-state index is -0.798. The fourth-order valence-electron chi connectivity index (χ4n) is 6.31. The van der Waals surface area contributed by atoms with Crippen LogP contribution in [0.15, 0.2) is 72.9 Å². The van der Waals surface area contributed by atoms with Gasteiger partial charge in [0, 0.05) is 19.3 Å². The van der Waals surface area contributed by atoms with Crippen molar-refractivity contribution in [1.82, 2.24) is 0 Å². The van der Waals surface area contributed by atoms with Crippen LogP contribution in [0.2, 0.25) is 0 Å². The van der Waals surface area contributed by atoms with Gasteiger partial charge in [0.2, 0.25) is 0 Å². The van der Waals surface area contributed by atoms with Crippen LogP contribution >= 0.6 is 0 Å². The SMILES string of the molecule is CC/C=C\C/C=C\C/C=C\C/C=C\CCCCC(=O)OCC(COC(=O)CCCCCCC/C=C\CCC)OC(=O)CCCCCCC/C=C\CCCCCCCC. The fraction of sp³-hybridized carbons (Fsp3) is 0.712. The summed E-state index contributed by atoms with van der Waals surface area (Å²) in [4.78, 5) is 37.8. The maximum absolute atomic E-state index is 12.7. The lowest BCUT2D eigenvalue weighted by Gasteiger charge is -2.18. The molecule has 0 rings (SSSR count). The monoisotopic (exact) mass is 809 g/mol. The highest BCUT2D eigenvalue weighted by molar-refractivity contribution is 5.71. The van der Waals surface area contributed by atoms with Crippen molar-refractivity contribution >= 4 is 17.9 Å². The summed E-state index contributed by atoms with van der Waals surface area (Å²) in [5, 5.41) is 0. The lowest BCUT2D eigenvalue weighted by molar-refractivity contribution is -0.167. The predicted octanol–water partition coefficient (Wildman–Crippen LogP) is 15.5. The molecule has 0 aliphatic rings. The Bertz CT molecular complexity index is 1110. The van der Waals surface area contributed by atoms with Gasteiger partial charge in [-0.05, 0) is 103 Å². The zero-order chi connectivity index (χ0) is 42.3. The van der Waals surface area contributed by atoms with Gasteiger partial charge in [-0.15, -0.1) is 0 Å². The van der Waals surface area contributed by atoms with Crippen LogP contribution in [0.3, 0.4) is 0 Å². The molecule has 0 amide bonds. The van der Waals surface area contributed by atoms with Gasteiger partial charge in [0.15, 0.2) is 6.10 Å². The Labute approximate surface area is 357 Å². The molecule has 58 heavy (non-hydrogen) atoms. The molecule has 1 unspecified atom stereocenters. The van der Waals surface area contributed by atoms with E-state index in [1.807, 2.05) is 0 Å². The minimum Gasteiger partial charge on any atom is -0.462 e. The Hall–Kier alpha value is -3.15. The molecule has 0 saturated carbocycles. The standard InChI is InChI=1S/C52H88O6/c1-4-7-10-13-16-19-22-24-26-28-30-33-36-39-42-45-51(54)57-48-49(47-56-50(53)44-41-38-35-32-21-18-15-12-9-6-3)58-52(55)46-43-40-37-34-31-29-27-25-23-20-17-14-11-8-5-2/h7,10,12,15-16,19,24-27,30,33,49H,4-6,8-9,11,13-14,17-18,20-23,28-29,31-32,34-48H2,1-3H3/b10-7-,15-12-,19-16-,26-24-,27-25-,33-30-. The second-order valence-corrected chi connectivity index (χ2v) is 15.6. The van der Waals surface area contributed by atoms with Crippen molar-refractivity contribution < 1.29 is 28.6 Å². The molecule has 1 atom stereocenters. The molecule has 0 aromatic carbocycles. The Morgan fingerprint density at radius 1 is 0.362 bits per heavy atom. The normalized spacial score (nSPS) is 12.7. The van der Waals surface area contributed by atoms with Crippen molar-refractivity contribution in [3.8, 4) is 0 Å². The summed E-state index contributed by atoms with van der Waals surface area (Å²) in [6.07, 6.45) is 57.4. The molecule has 0 saturated heterocycles. The molecule has 6 heteroatoms. The smallest absolute Gasteiger partial charge is 0.306 e. The van der Waals surface area contributed by atoms with E-state index in [1.54, 1.807) is 0 Å². The zero-order valence-corrected chi connectivity index (χ0v) is 37.8. The number of esters is 3. The van der Waals surface area contributed by atoms with Crippen LogP contribution in [-0.2, 0) is 28.6 Å². The summed E-state index contributed by atoms with van der Waals surface area (Å²) in [5.74, 6) is -0.962.